The largest absolute Gasteiger partial charge is 0.384 e. The second-order valence-corrected chi connectivity index (χ2v) is 10.6. The minimum atomic E-state index is -3.39. The highest BCUT2D eigenvalue weighted by Gasteiger charge is 2.64. The number of aliphatic hydroxyl groups excluding tert-OH is 1. The van der Waals surface area contributed by atoms with Gasteiger partial charge in [0.1, 0.15) is 6.04 Å². The van der Waals surface area contributed by atoms with Crippen LogP contribution in [0.1, 0.15) is 35.3 Å². The van der Waals surface area contributed by atoms with E-state index in [2.05, 4.69) is 22.5 Å². The lowest BCUT2D eigenvalue weighted by Crippen LogP contribution is -2.57. The molecule has 0 aliphatic carbocycles. The van der Waals surface area contributed by atoms with Crippen LogP contribution in [0.15, 0.2) is 61.2 Å². The Kier molecular flexibility index (Phi) is 8.06. The number of likely N-dealkylation sites (tertiary alicyclic amines) is 1. The Labute approximate surface area is 226 Å². The fourth-order valence-corrected chi connectivity index (χ4v) is 5.30. The zero-order valence-electron chi connectivity index (χ0n) is 22.0. The number of aliphatic hydroxyl groups is 1. The van der Waals surface area contributed by atoms with E-state index >= 15 is 8.78 Å². The molecule has 0 spiro atoms. The Morgan fingerprint density at radius 1 is 1.18 bits per heavy atom. The van der Waals surface area contributed by atoms with Gasteiger partial charge >= 0.3 is 0 Å². The summed E-state index contributed by atoms with van der Waals surface area (Å²) in [4.78, 5) is 40.7. The fourth-order valence-electron chi connectivity index (χ4n) is 5.30. The topological polar surface area (TPSA) is 111 Å². The average molecular weight is 541 g/mol. The predicted molar refractivity (Wildman–Crippen MR) is 143 cm³/mol. The first kappa shape index (κ1) is 28.2. The van der Waals surface area contributed by atoms with Crippen molar-refractivity contribution in [1.29, 1.82) is 0 Å². The fraction of sp³-hybridized carbons (Fsp3) is 0.414. The van der Waals surface area contributed by atoms with Gasteiger partial charge in [-0.2, -0.15) is 0 Å². The highest BCUT2D eigenvalue weighted by atomic mass is 19.3. The number of hydrogen-bond acceptors (Lipinski definition) is 5. The number of fused-ring (bicyclic) bond motifs is 1. The van der Waals surface area contributed by atoms with Crippen LogP contribution in [-0.2, 0) is 22.4 Å². The van der Waals surface area contributed by atoms with Crippen LogP contribution in [0.4, 0.5) is 14.5 Å². The van der Waals surface area contributed by atoms with E-state index in [-0.39, 0.29) is 13.0 Å². The number of rotatable bonds is 9. The van der Waals surface area contributed by atoms with E-state index < -0.39 is 53.8 Å². The lowest BCUT2D eigenvalue weighted by atomic mass is 9.81. The molecule has 0 saturated carbocycles. The van der Waals surface area contributed by atoms with E-state index in [1.807, 2.05) is 6.07 Å². The smallest absolute Gasteiger partial charge is 0.272 e. The zero-order valence-corrected chi connectivity index (χ0v) is 22.0. The molecule has 0 radical (unpaired) electrons. The Bertz CT molecular complexity index is 1250. The quantitative estimate of drug-likeness (QED) is 0.366. The molecule has 1 saturated heterocycles. The van der Waals surface area contributed by atoms with E-state index in [1.54, 1.807) is 42.5 Å². The van der Waals surface area contributed by atoms with Crippen LogP contribution in [0.3, 0.4) is 0 Å². The minimum absolute atomic E-state index is 0.0323. The van der Waals surface area contributed by atoms with Gasteiger partial charge in [0.15, 0.2) is 6.10 Å². The predicted octanol–water partition coefficient (Wildman–Crippen LogP) is 2.53. The number of alkyl halides is 2. The Morgan fingerprint density at radius 2 is 1.90 bits per heavy atom. The van der Waals surface area contributed by atoms with Crippen LogP contribution < -0.4 is 16.0 Å². The number of anilines is 1. The second-order valence-electron chi connectivity index (χ2n) is 10.6. The summed E-state index contributed by atoms with van der Waals surface area (Å²) in [6, 6.07) is 11.5. The van der Waals surface area contributed by atoms with Crippen molar-refractivity contribution in [3.05, 3.63) is 77.9 Å². The van der Waals surface area contributed by atoms with Gasteiger partial charge in [-0.25, -0.2) is 8.78 Å². The van der Waals surface area contributed by atoms with Crippen LogP contribution in [0.5, 0.6) is 0 Å². The molecule has 3 amide bonds. The van der Waals surface area contributed by atoms with Gasteiger partial charge in [0.25, 0.3) is 17.7 Å². The van der Waals surface area contributed by atoms with Gasteiger partial charge < -0.3 is 26.0 Å². The van der Waals surface area contributed by atoms with Gasteiger partial charge in [0.05, 0.1) is 18.0 Å². The highest BCUT2D eigenvalue weighted by molar-refractivity contribution is 5.98. The van der Waals surface area contributed by atoms with Crippen molar-refractivity contribution in [3.8, 4) is 0 Å². The highest BCUT2D eigenvalue weighted by Crippen LogP contribution is 2.48. The van der Waals surface area contributed by atoms with Crippen LogP contribution in [0, 0.1) is 5.41 Å². The monoisotopic (exact) mass is 540 g/mol. The molecule has 39 heavy (non-hydrogen) atoms. The summed E-state index contributed by atoms with van der Waals surface area (Å²) in [5.41, 5.74) is 0.902. The normalized spacial score (nSPS) is 20.3. The molecule has 1 fully saturated rings. The summed E-state index contributed by atoms with van der Waals surface area (Å²) in [7, 11) is 0. The number of hydrogen-bond donors (Lipinski definition) is 4. The molecule has 2 aliphatic heterocycles. The molecule has 8 nitrogen and oxygen atoms in total. The second kappa shape index (κ2) is 11.1. The molecule has 2 aromatic rings. The molecule has 2 heterocycles. The first-order valence-electron chi connectivity index (χ1n) is 12.9. The zero-order chi connectivity index (χ0) is 28.4. The molecule has 4 N–H and O–H groups in total. The molecular formula is C29H34F2N4O4. The van der Waals surface area contributed by atoms with Crippen molar-refractivity contribution < 1.29 is 28.3 Å². The Balaban J connectivity index is 1.63. The van der Waals surface area contributed by atoms with E-state index in [9.17, 15) is 19.5 Å². The van der Waals surface area contributed by atoms with Crippen molar-refractivity contribution in [2.75, 3.05) is 25.0 Å². The van der Waals surface area contributed by atoms with Crippen LogP contribution in [-0.4, -0.2) is 71.5 Å². The third-order valence-corrected chi connectivity index (χ3v) is 7.62. The maximum absolute atomic E-state index is 15.1. The first-order chi connectivity index (χ1) is 18.5. The Morgan fingerprint density at radius 3 is 2.59 bits per heavy atom. The summed E-state index contributed by atoms with van der Waals surface area (Å²) < 4.78 is 30.2. The van der Waals surface area contributed by atoms with Crippen molar-refractivity contribution in [1.82, 2.24) is 15.5 Å². The molecule has 208 valence electrons. The van der Waals surface area contributed by atoms with E-state index in [0.29, 0.717) is 18.5 Å². The van der Waals surface area contributed by atoms with Crippen molar-refractivity contribution >= 4 is 23.4 Å². The summed E-state index contributed by atoms with van der Waals surface area (Å²) in [6.45, 7) is 5.64. The maximum atomic E-state index is 15.1. The summed E-state index contributed by atoms with van der Waals surface area (Å²) in [5, 5.41) is 19.8. The molecule has 2 aromatic carbocycles. The minimum Gasteiger partial charge on any atom is -0.384 e. The molecule has 3 atom stereocenters. The van der Waals surface area contributed by atoms with E-state index in [1.165, 1.54) is 19.9 Å². The van der Waals surface area contributed by atoms with Crippen molar-refractivity contribution in [3.63, 3.8) is 0 Å². The first-order valence-corrected chi connectivity index (χ1v) is 12.9. The maximum Gasteiger partial charge on any atom is 0.272 e. The number of carbonyl (C=O) groups excluding carboxylic acids is 3. The average Bonchev–Trinajstić information content (AvgIpc) is 3.46. The number of nitrogens with one attached hydrogen (secondary N) is 3. The van der Waals surface area contributed by atoms with Gasteiger partial charge in [0.2, 0.25) is 5.91 Å². The lowest BCUT2D eigenvalue weighted by Gasteiger charge is -2.34. The van der Waals surface area contributed by atoms with Gasteiger partial charge in [0, 0.05) is 24.3 Å². The lowest BCUT2D eigenvalue weighted by molar-refractivity contribution is -0.148. The number of benzene rings is 2. The van der Waals surface area contributed by atoms with Gasteiger partial charge in [-0.05, 0) is 36.1 Å². The van der Waals surface area contributed by atoms with E-state index in [0.717, 1.165) is 21.7 Å². The van der Waals surface area contributed by atoms with Gasteiger partial charge in [-0.15, -0.1) is 6.58 Å². The molecule has 4 rings (SSSR count). The van der Waals surface area contributed by atoms with E-state index in [4.69, 9.17) is 0 Å². The molecule has 2 aliphatic rings. The summed E-state index contributed by atoms with van der Waals surface area (Å²) in [5.74, 6) is -5.71. The number of carbonyl (C=O) groups is 3. The summed E-state index contributed by atoms with van der Waals surface area (Å²) in [6.07, 6.45) is 0.223. The Hall–Kier alpha value is -3.79. The van der Waals surface area contributed by atoms with Gasteiger partial charge in [-0.1, -0.05) is 56.3 Å². The van der Waals surface area contributed by atoms with Gasteiger partial charge in [-0.3, -0.25) is 14.4 Å². The third-order valence-electron chi connectivity index (χ3n) is 7.62. The van der Waals surface area contributed by atoms with Crippen LogP contribution >= 0.6 is 0 Å². The van der Waals surface area contributed by atoms with Crippen LogP contribution in [0.2, 0.25) is 0 Å². The number of nitrogens with zero attached hydrogens (tertiary/aromatic N) is 1. The number of amides is 3. The van der Waals surface area contributed by atoms with Crippen LogP contribution in [0.25, 0.3) is 0 Å². The SMILES string of the molecule is C=CCNC(=O)C1N(C(=O)C(O)C(Cc2ccccc2)NC(=O)c2cccc3c2CCN3)CC(F)(F)C1(C)C. The van der Waals surface area contributed by atoms with Crippen molar-refractivity contribution in [2.45, 2.75) is 50.8 Å². The molecule has 0 bridgehead atoms. The molecule has 3 unspecified atom stereocenters. The molecular weight excluding hydrogens is 506 g/mol. The third kappa shape index (κ3) is 5.52. The van der Waals surface area contributed by atoms with Crippen molar-refractivity contribution in [2.24, 2.45) is 5.41 Å². The molecule has 0 aromatic heterocycles. The standard InChI is InChI=1S/C29H34F2N4O4/c1-4-14-33-26(38)24-28(2,3)29(30,31)17-35(24)27(39)23(36)22(16-18-9-6-5-7-10-18)34-25(37)20-11-8-12-21-19(20)13-15-32-21/h4-12,22-24,32,36H,1,13-17H2,2-3H3,(H,33,38)(H,34,37). The summed E-state index contributed by atoms with van der Waals surface area (Å²) >= 11 is 0. The number of halogens is 2. The molecule has 10 heteroatoms.